The van der Waals surface area contributed by atoms with Crippen LogP contribution in [0.25, 0.3) is 0 Å². The summed E-state index contributed by atoms with van der Waals surface area (Å²) in [6.45, 7) is 4.02. The Labute approximate surface area is 113 Å². The molecule has 1 N–H and O–H groups in total. The number of aryl methyl sites for hydroxylation is 1. The number of likely N-dealkylation sites (N-methyl/N-ethyl adjacent to an activating group) is 1. The van der Waals surface area contributed by atoms with Crippen molar-refractivity contribution in [2.45, 2.75) is 32.7 Å². The number of rotatable bonds is 4. The molecule has 1 fully saturated rings. The second kappa shape index (κ2) is 5.43. The van der Waals surface area contributed by atoms with Gasteiger partial charge in [0, 0.05) is 18.7 Å². The highest BCUT2D eigenvalue weighted by Gasteiger charge is 2.24. The molecule has 1 aromatic rings. The van der Waals surface area contributed by atoms with Crippen molar-refractivity contribution in [2.24, 2.45) is 0 Å². The first-order chi connectivity index (χ1) is 8.99. The summed E-state index contributed by atoms with van der Waals surface area (Å²) in [5.41, 5.74) is 2.73. The highest BCUT2D eigenvalue weighted by molar-refractivity contribution is 5.97. The zero-order valence-corrected chi connectivity index (χ0v) is 11.7. The Morgan fingerprint density at radius 1 is 1.32 bits per heavy atom. The van der Waals surface area contributed by atoms with Crippen LogP contribution < -0.4 is 5.32 Å². The topological polar surface area (TPSA) is 49.4 Å². The van der Waals surface area contributed by atoms with Gasteiger partial charge in [0.15, 0.2) is 0 Å². The van der Waals surface area contributed by atoms with Gasteiger partial charge in [0.2, 0.25) is 5.91 Å². The first-order valence-corrected chi connectivity index (χ1v) is 6.60. The molecule has 2 rings (SSSR count). The van der Waals surface area contributed by atoms with Crippen LogP contribution in [0.3, 0.4) is 0 Å². The maximum atomic E-state index is 12.3. The Hall–Kier alpha value is -1.84. The average molecular weight is 260 g/mol. The van der Waals surface area contributed by atoms with Crippen molar-refractivity contribution in [3.8, 4) is 0 Å². The van der Waals surface area contributed by atoms with E-state index in [0.29, 0.717) is 11.6 Å². The summed E-state index contributed by atoms with van der Waals surface area (Å²) < 4.78 is 0. The van der Waals surface area contributed by atoms with E-state index in [0.717, 1.165) is 24.0 Å². The molecule has 0 aromatic heterocycles. The Morgan fingerprint density at radius 3 is 2.63 bits per heavy atom. The summed E-state index contributed by atoms with van der Waals surface area (Å²) in [6, 6.07) is 5.98. The zero-order valence-electron chi connectivity index (χ0n) is 11.7. The quantitative estimate of drug-likeness (QED) is 0.895. The molecule has 1 aromatic carbocycles. The van der Waals surface area contributed by atoms with Crippen LogP contribution in [0.4, 0.5) is 0 Å². The molecule has 2 amide bonds. The van der Waals surface area contributed by atoms with Crippen molar-refractivity contribution in [3.05, 3.63) is 34.9 Å². The molecule has 0 spiro atoms. The van der Waals surface area contributed by atoms with E-state index in [1.807, 2.05) is 26.0 Å². The van der Waals surface area contributed by atoms with Gasteiger partial charge in [-0.3, -0.25) is 9.59 Å². The number of nitrogens with one attached hydrogen (secondary N) is 1. The lowest BCUT2D eigenvalue weighted by Gasteiger charge is -2.18. The van der Waals surface area contributed by atoms with Crippen molar-refractivity contribution in [1.82, 2.24) is 10.2 Å². The minimum atomic E-state index is -0.104. The molecule has 19 heavy (non-hydrogen) atoms. The molecular formula is C15H20N2O2. The molecule has 102 valence electrons. The third-order valence-corrected chi connectivity index (χ3v) is 3.50. The average Bonchev–Trinajstić information content (AvgIpc) is 3.15. The van der Waals surface area contributed by atoms with Crippen LogP contribution in [0.5, 0.6) is 0 Å². The van der Waals surface area contributed by atoms with Gasteiger partial charge in [0.25, 0.3) is 5.91 Å². The summed E-state index contributed by atoms with van der Waals surface area (Å²) >= 11 is 0. The molecule has 0 saturated heterocycles. The molecule has 0 radical (unpaired) electrons. The molecule has 1 aliphatic rings. The van der Waals surface area contributed by atoms with Gasteiger partial charge in [-0.25, -0.2) is 0 Å². The van der Waals surface area contributed by atoms with Crippen LogP contribution in [-0.2, 0) is 4.79 Å². The van der Waals surface area contributed by atoms with Gasteiger partial charge in [-0.05, 0) is 43.9 Å². The van der Waals surface area contributed by atoms with Crippen molar-refractivity contribution >= 4 is 11.8 Å². The Morgan fingerprint density at radius 2 is 2.00 bits per heavy atom. The molecule has 0 aliphatic heterocycles. The normalized spacial score (nSPS) is 14.1. The molecule has 4 nitrogen and oxygen atoms in total. The van der Waals surface area contributed by atoms with E-state index in [9.17, 15) is 9.59 Å². The number of hydrogen-bond acceptors (Lipinski definition) is 2. The summed E-state index contributed by atoms with van der Waals surface area (Å²) in [7, 11) is 1.66. The van der Waals surface area contributed by atoms with E-state index >= 15 is 0 Å². The highest BCUT2D eigenvalue weighted by Crippen LogP contribution is 2.18. The van der Waals surface area contributed by atoms with Crippen molar-refractivity contribution in [2.75, 3.05) is 13.6 Å². The SMILES string of the molecule is Cc1cccc(C(=O)N(C)CC(=O)NC2CC2)c1C. The van der Waals surface area contributed by atoms with Crippen molar-refractivity contribution < 1.29 is 9.59 Å². The van der Waals surface area contributed by atoms with E-state index in [1.54, 1.807) is 13.1 Å². The second-order valence-electron chi connectivity index (χ2n) is 5.25. The minimum Gasteiger partial charge on any atom is -0.352 e. The number of hydrogen-bond donors (Lipinski definition) is 1. The smallest absolute Gasteiger partial charge is 0.254 e. The molecular weight excluding hydrogens is 240 g/mol. The lowest BCUT2D eigenvalue weighted by Crippen LogP contribution is -2.39. The van der Waals surface area contributed by atoms with E-state index < -0.39 is 0 Å². The predicted octanol–water partition coefficient (Wildman–Crippen LogP) is 1.65. The molecule has 4 heteroatoms. The molecule has 1 saturated carbocycles. The number of amides is 2. The van der Waals surface area contributed by atoms with Gasteiger partial charge in [0.05, 0.1) is 6.54 Å². The fraction of sp³-hybridized carbons (Fsp3) is 0.467. The summed E-state index contributed by atoms with van der Waals surface area (Å²) in [5.74, 6) is -0.184. The van der Waals surface area contributed by atoms with Crippen LogP contribution in [-0.4, -0.2) is 36.3 Å². The van der Waals surface area contributed by atoms with Gasteiger partial charge >= 0.3 is 0 Å². The van der Waals surface area contributed by atoms with Gasteiger partial charge in [0.1, 0.15) is 0 Å². The van der Waals surface area contributed by atoms with Crippen LogP contribution in [0.2, 0.25) is 0 Å². The standard InChI is InChI=1S/C15H20N2O2/c1-10-5-4-6-13(11(10)2)15(19)17(3)9-14(18)16-12-7-8-12/h4-6,12H,7-9H2,1-3H3,(H,16,18). The predicted molar refractivity (Wildman–Crippen MR) is 74.0 cm³/mol. The maximum Gasteiger partial charge on any atom is 0.254 e. The van der Waals surface area contributed by atoms with Crippen molar-refractivity contribution in [3.63, 3.8) is 0 Å². The molecule has 0 bridgehead atoms. The first-order valence-electron chi connectivity index (χ1n) is 6.60. The number of carbonyl (C=O) groups excluding carboxylic acids is 2. The van der Waals surface area contributed by atoms with E-state index in [-0.39, 0.29) is 18.4 Å². The fourth-order valence-electron chi connectivity index (χ4n) is 1.98. The van der Waals surface area contributed by atoms with E-state index in [4.69, 9.17) is 0 Å². The zero-order chi connectivity index (χ0) is 14.0. The fourth-order valence-corrected chi connectivity index (χ4v) is 1.98. The van der Waals surface area contributed by atoms with Crippen LogP contribution >= 0.6 is 0 Å². The maximum absolute atomic E-state index is 12.3. The largest absolute Gasteiger partial charge is 0.352 e. The molecule has 0 atom stereocenters. The van der Waals surface area contributed by atoms with E-state index in [2.05, 4.69) is 5.32 Å². The Balaban J connectivity index is 2.01. The van der Waals surface area contributed by atoms with E-state index in [1.165, 1.54) is 4.90 Å². The summed E-state index contributed by atoms with van der Waals surface area (Å²) in [5, 5.41) is 2.88. The summed E-state index contributed by atoms with van der Waals surface area (Å²) in [4.78, 5) is 25.5. The molecule has 0 heterocycles. The third-order valence-electron chi connectivity index (χ3n) is 3.50. The van der Waals surface area contributed by atoms with Gasteiger partial charge in [-0.15, -0.1) is 0 Å². The monoisotopic (exact) mass is 260 g/mol. The van der Waals surface area contributed by atoms with Crippen LogP contribution in [0.15, 0.2) is 18.2 Å². The second-order valence-corrected chi connectivity index (χ2v) is 5.25. The van der Waals surface area contributed by atoms with Crippen LogP contribution in [0.1, 0.15) is 34.3 Å². The van der Waals surface area contributed by atoms with Gasteiger partial charge < -0.3 is 10.2 Å². The molecule has 1 aliphatic carbocycles. The Kier molecular flexibility index (Phi) is 3.88. The number of carbonyl (C=O) groups is 2. The third kappa shape index (κ3) is 3.34. The lowest BCUT2D eigenvalue weighted by atomic mass is 10.0. The lowest BCUT2D eigenvalue weighted by molar-refractivity contribution is -0.121. The number of benzene rings is 1. The highest BCUT2D eigenvalue weighted by atomic mass is 16.2. The number of nitrogens with zero attached hydrogens (tertiary/aromatic N) is 1. The van der Waals surface area contributed by atoms with Gasteiger partial charge in [-0.2, -0.15) is 0 Å². The first kappa shape index (κ1) is 13.6. The molecule has 0 unspecified atom stereocenters. The van der Waals surface area contributed by atoms with Crippen LogP contribution in [0, 0.1) is 13.8 Å². The Bertz CT molecular complexity index is 507. The minimum absolute atomic E-state index is 0.0799. The summed E-state index contributed by atoms with van der Waals surface area (Å²) in [6.07, 6.45) is 2.11. The van der Waals surface area contributed by atoms with Crippen molar-refractivity contribution in [1.29, 1.82) is 0 Å². The van der Waals surface area contributed by atoms with Gasteiger partial charge in [-0.1, -0.05) is 12.1 Å².